The Kier molecular flexibility index (Phi) is 7.97. The van der Waals surface area contributed by atoms with Crippen molar-refractivity contribution in [2.24, 2.45) is 5.10 Å². The number of rotatable bonds is 7. The first-order valence-corrected chi connectivity index (χ1v) is 11.9. The predicted molar refractivity (Wildman–Crippen MR) is 141 cm³/mol. The zero-order valence-corrected chi connectivity index (χ0v) is 21.2. The van der Waals surface area contributed by atoms with E-state index in [0.29, 0.717) is 21.8 Å². The third kappa shape index (κ3) is 6.36. The van der Waals surface area contributed by atoms with Crippen molar-refractivity contribution in [3.63, 3.8) is 0 Å². The number of carbonyl (C=O) groups is 2. The summed E-state index contributed by atoms with van der Waals surface area (Å²) in [7, 11) is 0. The molecule has 0 fully saturated rings. The van der Waals surface area contributed by atoms with Gasteiger partial charge in [0.05, 0.1) is 28.5 Å². The summed E-state index contributed by atoms with van der Waals surface area (Å²) in [6, 6.07) is 21.9. The van der Waals surface area contributed by atoms with Gasteiger partial charge in [-0.3, -0.25) is 9.59 Å². The summed E-state index contributed by atoms with van der Waals surface area (Å²) in [6.07, 6.45) is 3.34. The van der Waals surface area contributed by atoms with E-state index >= 15 is 0 Å². The van der Waals surface area contributed by atoms with E-state index in [1.54, 1.807) is 4.68 Å². The standard InChI is InChI=1S/C25H18BrCl2N5O2/c26-19-9-6-16(7-10-19)24-18(15-33(32-24)20-4-2-1-3-5-20)13-30-31-23(34)14-29-25(35)17-8-11-21(27)22(28)12-17/h1-13,15H,14H2,(H,29,35)(H,31,34)/b30-13+. The first kappa shape index (κ1) is 24.7. The molecular formula is C25H18BrCl2N5O2. The molecule has 7 nitrogen and oxygen atoms in total. The van der Waals surface area contributed by atoms with E-state index in [-0.39, 0.29) is 11.6 Å². The van der Waals surface area contributed by atoms with Gasteiger partial charge in [0.25, 0.3) is 11.8 Å². The van der Waals surface area contributed by atoms with Gasteiger partial charge in [-0.25, -0.2) is 10.1 Å². The number of nitrogens with one attached hydrogen (secondary N) is 2. The molecule has 0 saturated carbocycles. The van der Waals surface area contributed by atoms with E-state index in [1.165, 1.54) is 24.4 Å². The lowest BCUT2D eigenvalue weighted by molar-refractivity contribution is -0.120. The van der Waals surface area contributed by atoms with Crippen molar-refractivity contribution in [3.8, 4) is 16.9 Å². The number of aromatic nitrogens is 2. The van der Waals surface area contributed by atoms with Crippen molar-refractivity contribution < 1.29 is 9.59 Å². The second-order valence-electron chi connectivity index (χ2n) is 7.32. The number of hydrogen-bond donors (Lipinski definition) is 2. The topological polar surface area (TPSA) is 88.4 Å². The largest absolute Gasteiger partial charge is 0.343 e. The molecule has 35 heavy (non-hydrogen) atoms. The predicted octanol–water partition coefficient (Wildman–Crippen LogP) is 5.49. The van der Waals surface area contributed by atoms with Crippen LogP contribution in [0.5, 0.6) is 0 Å². The van der Waals surface area contributed by atoms with E-state index in [4.69, 9.17) is 28.3 Å². The molecule has 0 spiro atoms. The van der Waals surface area contributed by atoms with Gasteiger partial charge in [-0.1, -0.05) is 69.5 Å². The lowest BCUT2D eigenvalue weighted by Gasteiger charge is -2.05. The van der Waals surface area contributed by atoms with Gasteiger partial charge in [-0.2, -0.15) is 10.2 Å². The van der Waals surface area contributed by atoms with Gasteiger partial charge in [0.15, 0.2) is 0 Å². The normalized spacial score (nSPS) is 10.9. The van der Waals surface area contributed by atoms with E-state index in [2.05, 4.69) is 31.8 Å². The van der Waals surface area contributed by atoms with Crippen LogP contribution in [0.15, 0.2) is 88.6 Å². The van der Waals surface area contributed by atoms with Crippen LogP contribution in [0.25, 0.3) is 16.9 Å². The van der Waals surface area contributed by atoms with E-state index in [9.17, 15) is 9.59 Å². The van der Waals surface area contributed by atoms with Crippen LogP contribution in [0, 0.1) is 0 Å². The molecule has 2 amide bonds. The molecule has 10 heteroatoms. The van der Waals surface area contributed by atoms with Crippen molar-refractivity contribution >= 4 is 57.2 Å². The van der Waals surface area contributed by atoms with E-state index in [1.807, 2.05) is 60.8 Å². The minimum absolute atomic E-state index is 0.256. The summed E-state index contributed by atoms with van der Waals surface area (Å²) in [5, 5.41) is 11.9. The molecule has 4 aromatic rings. The molecule has 0 unspecified atom stereocenters. The van der Waals surface area contributed by atoms with E-state index < -0.39 is 11.8 Å². The first-order valence-electron chi connectivity index (χ1n) is 10.4. The molecule has 0 radical (unpaired) electrons. The molecular weight excluding hydrogens is 553 g/mol. The highest BCUT2D eigenvalue weighted by atomic mass is 79.9. The number of hydrogen-bond acceptors (Lipinski definition) is 4. The lowest BCUT2D eigenvalue weighted by atomic mass is 10.1. The van der Waals surface area contributed by atoms with Crippen LogP contribution >= 0.6 is 39.1 Å². The van der Waals surface area contributed by atoms with Crippen LogP contribution in [-0.2, 0) is 4.79 Å². The Hall–Kier alpha value is -3.46. The molecule has 0 aliphatic carbocycles. The van der Waals surface area contributed by atoms with Crippen LogP contribution in [0.1, 0.15) is 15.9 Å². The maximum atomic E-state index is 12.2. The van der Waals surface area contributed by atoms with Gasteiger partial charge in [-0.15, -0.1) is 0 Å². The number of carbonyl (C=O) groups excluding carboxylic acids is 2. The van der Waals surface area contributed by atoms with Crippen LogP contribution < -0.4 is 10.7 Å². The summed E-state index contributed by atoms with van der Waals surface area (Å²) in [5.74, 6) is -0.945. The maximum absolute atomic E-state index is 12.2. The highest BCUT2D eigenvalue weighted by molar-refractivity contribution is 9.10. The Bertz CT molecular complexity index is 1390. The number of benzene rings is 3. The summed E-state index contributed by atoms with van der Waals surface area (Å²) >= 11 is 15.2. The molecule has 0 atom stereocenters. The Morgan fingerprint density at radius 1 is 1.00 bits per heavy atom. The summed E-state index contributed by atoms with van der Waals surface area (Å²) in [5.41, 5.74) is 5.90. The summed E-state index contributed by atoms with van der Waals surface area (Å²) in [6.45, 7) is -0.265. The third-order valence-electron chi connectivity index (χ3n) is 4.87. The number of para-hydroxylation sites is 1. The summed E-state index contributed by atoms with van der Waals surface area (Å²) < 4.78 is 2.70. The molecule has 0 saturated heterocycles. The zero-order valence-electron chi connectivity index (χ0n) is 18.1. The monoisotopic (exact) mass is 569 g/mol. The van der Waals surface area contributed by atoms with Crippen molar-refractivity contribution in [3.05, 3.63) is 105 Å². The second-order valence-corrected chi connectivity index (χ2v) is 9.05. The lowest BCUT2D eigenvalue weighted by Crippen LogP contribution is -2.34. The Labute approximate surface area is 219 Å². The van der Waals surface area contributed by atoms with Crippen LogP contribution in [0.2, 0.25) is 10.0 Å². The SMILES string of the molecule is O=C(CNC(=O)c1ccc(Cl)c(Cl)c1)N/N=C/c1cn(-c2ccccc2)nc1-c1ccc(Br)cc1. The quantitative estimate of drug-likeness (QED) is 0.227. The Morgan fingerprint density at radius 3 is 2.46 bits per heavy atom. The smallest absolute Gasteiger partial charge is 0.259 e. The minimum atomic E-state index is -0.490. The molecule has 0 aliphatic rings. The van der Waals surface area contributed by atoms with Crippen LogP contribution in [-0.4, -0.2) is 34.4 Å². The van der Waals surface area contributed by atoms with Gasteiger partial charge in [0.2, 0.25) is 0 Å². The number of hydrazone groups is 1. The molecule has 1 heterocycles. The number of amides is 2. The summed E-state index contributed by atoms with van der Waals surface area (Å²) in [4.78, 5) is 24.4. The fraction of sp³-hybridized carbons (Fsp3) is 0.0400. The molecule has 2 N–H and O–H groups in total. The Balaban J connectivity index is 1.45. The maximum Gasteiger partial charge on any atom is 0.259 e. The molecule has 4 rings (SSSR count). The van der Waals surface area contributed by atoms with Gasteiger partial charge >= 0.3 is 0 Å². The van der Waals surface area contributed by atoms with Crippen molar-refractivity contribution in [2.45, 2.75) is 0 Å². The van der Waals surface area contributed by atoms with Gasteiger partial charge in [0.1, 0.15) is 5.69 Å². The fourth-order valence-electron chi connectivity index (χ4n) is 3.14. The molecule has 0 aliphatic heterocycles. The first-order chi connectivity index (χ1) is 16.9. The van der Waals surface area contributed by atoms with Gasteiger partial charge in [0, 0.05) is 27.4 Å². The third-order valence-corrected chi connectivity index (χ3v) is 6.13. The minimum Gasteiger partial charge on any atom is -0.343 e. The van der Waals surface area contributed by atoms with Gasteiger partial charge in [-0.05, 0) is 42.5 Å². The van der Waals surface area contributed by atoms with Crippen molar-refractivity contribution in [2.75, 3.05) is 6.54 Å². The molecule has 3 aromatic carbocycles. The zero-order chi connectivity index (χ0) is 24.8. The number of nitrogens with zero attached hydrogens (tertiary/aromatic N) is 3. The van der Waals surface area contributed by atoms with Crippen LogP contribution in [0.4, 0.5) is 0 Å². The average molecular weight is 571 g/mol. The highest BCUT2D eigenvalue weighted by Gasteiger charge is 2.12. The average Bonchev–Trinajstić information content (AvgIpc) is 3.29. The molecule has 1 aromatic heterocycles. The number of halogens is 3. The molecule has 0 bridgehead atoms. The van der Waals surface area contributed by atoms with Gasteiger partial charge < -0.3 is 5.32 Å². The fourth-order valence-corrected chi connectivity index (χ4v) is 3.70. The second kappa shape index (κ2) is 11.3. The Morgan fingerprint density at radius 2 is 1.74 bits per heavy atom. The molecule has 176 valence electrons. The van der Waals surface area contributed by atoms with Crippen molar-refractivity contribution in [1.82, 2.24) is 20.5 Å². The van der Waals surface area contributed by atoms with Crippen molar-refractivity contribution in [1.29, 1.82) is 0 Å². The van der Waals surface area contributed by atoms with E-state index in [0.717, 1.165) is 15.7 Å². The highest BCUT2D eigenvalue weighted by Crippen LogP contribution is 2.25. The van der Waals surface area contributed by atoms with Crippen LogP contribution in [0.3, 0.4) is 0 Å².